The number of benzene rings is 2. The van der Waals surface area contributed by atoms with Crippen molar-refractivity contribution >= 4 is 23.2 Å². The minimum Gasteiger partial charge on any atom is -0.310 e. The van der Waals surface area contributed by atoms with Gasteiger partial charge in [0.25, 0.3) is 0 Å². The number of aryl methyl sites for hydroxylation is 1. The first-order chi connectivity index (χ1) is 9.60. The molecule has 20 heavy (non-hydrogen) atoms. The van der Waals surface area contributed by atoms with Crippen LogP contribution in [0.1, 0.15) is 29.7 Å². The normalized spacial score (nSPS) is 12.4. The van der Waals surface area contributed by atoms with Crippen LogP contribution < -0.4 is 5.32 Å². The van der Waals surface area contributed by atoms with Gasteiger partial charge in [0, 0.05) is 16.1 Å². The number of rotatable bonds is 5. The average Bonchev–Trinajstić information content (AvgIpc) is 2.44. The van der Waals surface area contributed by atoms with E-state index in [1.165, 1.54) is 11.1 Å². The Balaban J connectivity index is 2.21. The predicted molar refractivity (Wildman–Crippen MR) is 87.8 cm³/mol. The summed E-state index contributed by atoms with van der Waals surface area (Å²) in [6.07, 6.45) is 0.921. The fourth-order valence-electron chi connectivity index (χ4n) is 2.24. The summed E-state index contributed by atoms with van der Waals surface area (Å²) in [6.45, 7) is 5.06. The van der Waals surface area contributed by atoms with Crippen molar-refractivity contribution in [3.8, 4) is 0 Å². The van der Waals surface area contributed by atoms with Crippen LogP contribution in [-0.4, -0.2) is 6.54 Å². The third-order valence-electron chi connectivity index (χ3n) is 3.40. The maximum Gasteiger partial charge on any atom is 0.0438 e. The molecule has 0 saturated heterocycles. The quantitative estimate of drug-likeness (QED) is 0.801. The van der Waals surface area contributed by atoms with Crippen molar-refractivity contribution in [3.05, 3.63) is 69.2 Å². The van der Waals surface area contributed by atoms with Crippen molar-refractivity contribution in [2.24, 2.45) is 0 Å². The molecule has 2 aromatic carbocycles. The molecule has 3 heteroatoms. The van der Waals surface area contributed by atoms with Crippen LogP contribution in [0.3, 0.4) is 0 Å². The number of nitrogens with one attached hydrogen (secondary N) is 1. The van der Waals surface area contributed by atoms with E-state index >= 15 is 0 Å². The molecule has 0 heterocycles. The minimum absolute atomic E-state index is 0.263. The lowest BCUT2D eigenvalue weighted by Crippen LogP contribution is -2.23. The highest BCUT2D eigenvalue weighted by Crippen LogP contribution is 2.24. The molecule has 1 nitrogen and oxygen atoms in total. The van der Waals surface area contributed by atoms with Gasteiger partial charge in [0.2, 0.25) is 0 Å². The molecule has 1 N–H and O–H groups in total. The monoisotopic (exact) mass is 307 g/mol. The molecule has 106 valence electrons. The van der Waals surface area contributed by atoms with Gasteiger partial charge in [-0.05, 0) is 54.8 Å². The van der Waals surface area contributed by atoms with Gasteiger partial charge in [0.05, 0.1) is 0 Å². The first kappa shape index (κ1) is 15.4. The van der Waals surface area contributed by atoms with Gasteiger partial charge in [-0.25, -0.2) is 0 Å². The zero-order valence-corrected chi connectivity index (χ0v) is 13.3. The highest BCUT2D eigenvalue weighted by atomic mass is 35.5. The molecule has 0 aliphatic rings. The number of halogens is 2. The number of likely N-dealkylation sites (N-methyl/N-ethyl adjacent to an activating group) is 1. The highest BCUT2D eigenvalue weighted by molar-refractivity contribution is 6.31. The van der Waals surface area contributed by atoms with Crippen LogP contribution >= 0.6 is 23.2 Å². The first-order valence-electron chi connectivity index (χ1n) is 6.84. The van der Waals surface area contributed by atoms with E-state index in [4.69, 9.17) is 23.2 Å². The summed E-state index contributed by atoms with van der Waals surface area (Å²) in [4.78, 5) is 0. The van der Waals surface area contributed by atoms with Gasteiger partial charge in [-0.15, -0.1) is 0 Å². The van der Waals surface area contributed by atoms with Crippen molar-refractivity contribution < 1.29 is 0 Å². The summed E-state index contributed by atoms with van der Waals surface area (Å²) >= 11 is 12.2. The van der Waals surface area contributed by atoms with E-state index < -0.39 is 0 Å². The Morgan fingerprint density at radius 2 is 1.75 bits per heavy atom. The SMILES string of the molecule is CCNC(Cc1ccc(Cl)cc1)c1ccc(C)c(Cl)c1. The molecule has 2 aromatic rings. The maximum absolute atomic E-state index is 6.24. The molecule has 0 aliphatic carbocycles. The molecule has 0 saturated carbocycles. The first-order valence-corrected chi connectivity index (χ1v) is 7.59. The van der Waals surface area contributed by atoms with Gasteiger partial charge in [-0.1, -0.05) is 54.4 Å². The minimum atomic E-state index is 0.263. The lowest BCUT2D eigenvalue weighted by molar-refractivity contribution is 0.550. The lowest BCUT2D eigenvalue weighted by Gasteiger charge is -2.19. The van der Waals surface area contributed by atoms with Gasteiger partial charge >= 0.3 is 0 Å². The zero-order chi connectivity index (χ0) is 14.5. The molecule has 2 rings (SSSR count). The van der Waals surface area contributed by atoms with Crippen LogP contribution in [0.25, 0.3) is 0 Å². The van der Waals surface area contributed by atoms with E-state index in [-0.39, 0.29) is 6.04 Å². The van der Waals surface area contributed by atoms with Crippen molar-refractivity contribution in [2.75, 3.05) is 6.54 Å². The molecule has 1 atom stereocenters. The van der Waals surface area contributed by atoms with E-state index in [2.05, 4.69) is 42.6 Å². The van der Waals surface area contributed by atoms with E-state index in [9.17, 15) is 0 Å². The Kier molecular flexibility index (Phi) is 5.47. The van der Waals surface area contributed by atoms with E-state index in [1.807, 2.05) is 19.1 Å². The molecule has 0 radical (unpaired) electrons. The molecular weight excluding hydrogens is 289 g/mol. The summed E-state index contributed by atoms with van der Waals surface area (Å²) < 4.78 is 0. The summed E-state index contributed by atoms with van der Waals surface area (Å²) in [7, 11) is 0. The maximum atomic E-state index is 6.24. The Bertz CT molecular complexity index is 564. The van der Waals surface area contributed by atoms with Crippen LogP contribution in [0.5, 0.6) is 0 Å². The molecule has 0 amide bonds. The largest absolute Gasteiger partial charge is 0.310 e. The lowest BCUT2D eigenvalue weighted by atomic mass is 9.98. The molecule has 0 aliphatic heterocycles. The van der Waals surface area contributed by atoms with Gasteiger partial charge in [-0.2, -0.15) is 0 Å². The Hall–Kier alpha value is -1.02. The fourth-order valence-corrected chi connectivity index (χ4v) is 2.55. The second kappa shape index (κ2) is 7.12. The second-order valence-corrected chi connectivity index (χ2v) is 5.79. The van der Waals surface area contributed by atoms with Gasteiger partial charge in [0.1, 0.15) is 0 Å². The van der Waals surface area contributed by atoms with E-state index in [0.717, 1.165) is 28.6 Å². The van der Waals surface area contributed by atoms with Gasteiger partial charge < -0.3 is 5.32 Å². The number of hydrogen-bond acceptors (Lipinski definition) is 1. The predicted octanol–water partition coefficient (Wildman–Crippen LogP) is 5.20. The van der Waals surface area contributed by atoms with Gasteiger partial charge in [0.15, 0.2) is 0 Å². The van der Waals surface area contributed by atoms with Crippen LogP contribution in [0.2, 0.25) is 10.0 Å². The Morgan fingerprint density at radius 1 is 1.05 bits per heavy atom. The topological polar surface area (TPSA) is 12.0 Å². The Labute approximate surface area is 130 Å². The fraction of sp³-hybridized carbons (Fsp3) is 0.294. The molecule has 1 unspecified atom stereocenters. The third-order valence-corrected chi connectivity index (χ3v) is 4.06. The second-order valence-electron chi connectivity index (χ2n) is 4.95. The summed E-state index contributed by atoms with van der Waals surface area (Å²) in [5, 5.41) is 5.11. The standard InChI is InChI=1S/C17H19Cl2N/c1-3-20-17(10-13-5-8-15(18)9-6-13)14-7-4-12(2)16(19)11-14/h4-9,11,17,20H,3,10H2,1-2H3. The van der Waals surface area contributed by atoms with Crippen molar-refractivity contribution in [2.45, 2.75) is 26.3 Å². The zero-order valence-electron chi connectivity index (χ0n) is 11.8. The van der Waals surface area contributed by atoms with Crippen molar-refractivity contribution in [3.63, 3.8) is 0 Å². The van der Waals surface area contributed by atoms with Gasteiger partial charge in [-0.3, -0.25) is 0 Å². The van der Waals surface area contributed by atoms with Crippen LogP contribution in [-0.2, 0) is 6.42 Å². The average molecular weight is 308 g/mol. The van der Waals surface area contributed by atoms with E-state index in [0.29, 0.717) is 0 Å². The highest BCUT2D eigenvalue weighted by Gasteiger charge is 2.12. The Morgan fingerprint density at radius 3 is 2.35 bits per heavy atom. The summed E-state index contributed by atoms with van der Waals surface area (Å²) in [5.74, 6) is 0. The molecular formula is C17H19Cl2N. The van der Waals surface area contributed by atoms with Crippen molar-refractivity contribution in [1.29, 1.82) is 0 Å². The third kappa shape index (κ3) is 3.99. The summed E-state index contributed by atoms with van der Waals surface area (Å²) in [6, 6.07) is 14.5. The van der Waals surface area contributed by atoms with Crippen LogP contribution in [0, 0.1) is 6.92 Å². The molecule has 0 spiro atoms. The van der Waals surface area contributed by atoms with Crippen molar-refractivity contribution in [1.82, 2.24) is 5.32 Å². The summed E-state index contributed by atoms with van der Waals surface area (Å²) in [5.41, 5.74) is 3.59. The van der Waals surface area contributed by atoms with E-state index in [1.54, 1.807) is 0 Å². The number of hydrogen-bond donors (Lipinski definition) is 1. The van der Waals surface area contributed by atoms with Crippen LogP contribution in [0.15, 0.2) is 42.5 Å². The smallest absolute Gasteiger partial charge is 0.0438 e. The van der Waals surface area contributed by atoms with Crippen LogP contribution in [0.4, 0.5) is 0 Å². The molecule has 0 bridgehead atoms. The molecule has 0 fully saturated rings. The molecule has 0 aromatic heterocycles.